The Hall–Kier alpha value is -1.42. The predicted octanol–water partition coefficient (Wildman–Crippen LogP) is 4.32. The molecule has 0 heterocycles. The van der Waals surface area contributed by atoms with E-state index in [1.54, 1.807) is 26.4 Å². The quantitative estimate of drug-likeness (QED) is 0.888. The van der Waals surface area contributed by atoms with E-state index in [9.17, 15) is 0 Å². The summed E-state index contributed by atoms with van der Waals surface area (Å²) in [6, 6.07) is 11.0. The first-order valence-corrected chi connectivity index (χ1v) is 7.20. The van der Waals surface area contributed by atoms with Crippen molar-refractivity contribution in [2.45, 2.75) is 6.04 Å². The molecule has 2 rings (SSSR count). The molecule has 0 bridgehead atoms. The third kappa shape index (κ3) is 3.43. The summed E-state index contributed by atoms with van der Waals surface area (Å²) in [6.45, 7) is 0. The number of halogens is 2. The lowest BCUT2D eigenvalue weighted by Crippen LogP contribution is -2.19. The van der Waals surface area contributed by atoms with Crippen molar-refractivity contribution in [3.63, 3.8) is 0 Å². The highest BCUT2D eigenvalue weighted by molar-refractivity contribution is 6.31. The third-order valence-corrected chi connectivity index (χ3v) is 3.77. The molecule has 21 heavy (non-hydrogen) atoms. The van der Waals surface area contributed by atoms with Gasteiger partial charge in [0.25, 0.3) is 0 Å². The molecule has 0 spiro atoms. The summed E-state index contributed by atoms with van der Waals surface area (Å²) in [5.74, 6) is 1.47. The smallest absolute Gasteiger partial charge is 0.125 e. The average Bonchev–Trinajstić information content (AvgIpc) is 2.49. The van der Waals surface area contributed by atoms with Gasteiger partial charge in [0.05, 0.1) is 20.3 Å². The van der Waals surface area contributed by atoms with Crippen LogP contribution in [0, 0.1) is 0 Å². The number of rotatable bonds is 5. The standard InChI is InChI=1S/C16H17Cl2NO2/c1-19-16(12-6-4-11(18)9-15(12)21-3)13-8-10(17)5-7-14(13)20-2/h4-9,16,19H,1-3H3. The van der Waals surface area contributed by atoms with Gasteiger partial charge in [-0.2, -0.15) is 0 Å². The minimum absolute atomic E-state index is 0.120. The first-order chi connectivity index (χ1) is 10.1. The van der Waals surface area contributed by atoms with Gasteiger partial charge in [-0.25, -0.2) is 0 Å². The molecule has 1 atom stereocenters. The summed E-state index contributed by atoms with van der Waals surface area (Å²) in [4.78, 5) is 0. The largest absolute Gasteiger partial charge is 0.496 e. The molecule has 0 aliphatic heterocycles. The number of nitrogens with one attached hydrogen (secondary N) is 1. The second kappa shape index (κ2) is 7.03. The van der Waals surface area contributed by atoms with Crippen molar-refractivity contribution in [3.8, 4) is 11.5 Å². The van der Waals surface area contributed by atoms with Crippen molar-refractivity contribution in [2.24, 2.45) is 0 Å². The van der Waals surface area contributed by atoms with Crippen LogP contribution in [0.2, 0.25) is 10.0 Å². The van der Waals surface area contributed by atoms with E-state index in [-0.39, 0.29) is 6.04 Å². The van der Waals surface area contributed by atoms with Crippen molar-refractivity contribution in [1.29, 1.82) is 0 Å². The van der Waals surface area contributed by atoms with E-state index in [2.05, 4.69) is 5.32 Å². The van der Waals surface area contributed by atoms with Crippen molar-refractivity contribution < 1.29 is 9.47 Å². The Bertz CT molecular complexity index is 632. The van der Waals surface area contributed by atoms with Crippen molar-refractivity contribution in [1.82, 2.24) is 5.32 Å². The van der Waals surface area contributed by atoms with E-state index in [0.717, 1.165) is 16.9 Å². The van der Waals surface area contributed by atoms with E-state index < -0.39 is 0 Å². The fourth-order valence-electron chi connectivity index (χ4n) is 2.33. The van der Waals surface area contributed by atoms with Crippen LogP contribution in [0.15, 0.2) is 36.4 Å². The molecule has 0 amide bonds. The maximum absolute atomic E-state index is 6.13. The zero-order valence-electron chi connectivity index (χ0n) is 12.1. The second-order valence-corrected chi connectivity index (χ2v) is 5.37. The summed E-state index contributed by atoms with van der Waals surface area (Å²) in [5, 5.41) is 4.55. The van der Waals surface area contributed by atoms with Gasteiger partial charge in [-0.1, -0.05) is 29.3 Å². The number of hydrogen-bond acceptors (Lipinski definition) is 3. The van der Waals surface area contributed by atoms with Gasteiger partial charge in [0.2, 0.25) is 0 Å². The third-order valence-electron chi connectivity index (χ3n) is 3.30. The van der Waals surface area contributed by atoms with Gasteiger partial charge in [0, 0.05) is 21.2 Å². The molecule has 0 aliphatic rings. The van der Waals surface area contributed by atoms with Crippen LogP contribution in [0.4, 0.5) is 0 Å². The van der Waals surface area contributed by atoms with E-state index in [4.69, 9.17) is 32.7 Å². The van der Waals surface area contributed by atoms with Crippen LogP contribution < -0.4 is 14.8 Å². The highest BCUT2D eigenvalue weighted by Crippen LogP contribution is 2.37. The number of hydrogen-bond donors (Lipinski definition) is 1. The molecule has 0 aliphatic carbocycles. The monoisotopic (exact) mass is 325 g/mol. The molecule has 3 nitrogen and oxygen atoms in total. The van der Waals surface area contributed by atoms with E-state index >= 15 is 0 Å². The molecule has 2 aromatic carbocycles. The first-order valence-electron chi connectivity index (χ1n) is 6.44. The van der Waals surface area contributed by atoms with Gasteiger partial charge in [-0.3, -0.25) is 0 Å². The topological polar surface area (TPSA) is 30.5 Å². The lowest BCUT2D eigenvalue weighted by molar-refractivity contribution is 0.396. The molecule has 5 heteroatoms. The predicted molar refractivity (Wildman–Crippen MR) is 86.9 cm³/mol. The summed E-state index contributed by atoms with van der Waals surface area (Å²) in [6.07, 6.45) is 0. The van der Waals surface area contributed by atoms with Gasteiger partial charge in [-0.15, -0.1) is 0 Å². The Labute approximate surface area is 134 Å². The van der Waals surface area contributed by atoms with Crippen LogP contribution in [0.5, 0.6) is 11.5 Å². The van der Waals surface area contributed by atoms with Crippen LogP contribution in [0.25, 0.3) is 0 Å². The number of ether oxygens (including phenoxy) is 2. The lowest BCUT2D eigenvalue weighted by Gasteiger charge is -2.22. The minimum Gasteiger partial charge on any atom is -0.496 e. The molecule has 0 radical (unpaired) electrons. The Morgan fingerprint density at radius 1 is 0.857 bits per heavy atom. The summed E-state index contributed by atoms with van der Waals surface area (Å²) in [5.41, 5.74) is 1.90. The molecule has 0 fully saturated rings. The van der Waals surface area contributed by atoms with E-state index in [1.165, 1.54) is 0 Å². The lowest BCUT2D eigenvalue weighted by atomic mass is 9.97. The molecule has 0 saturated carbocycles. The van der Waals surface area contributed by atoms with Gasteiger partial charge in [0.1, 0.15) is 11.5 Å². The van der Waals surface area contributed by atoms with Crippen molar-refractivity contribution in [3.05, 3.63) is 57.6 Å². The minimum atomic E-state index is -0.120. The molecular formula is C16H17Cl2NO2. The molecule has 0 saturated heterocycles. The van der Waals surface area contributed by atoms with Crippen molar-refractivity contribution in [2.75, 3.05) is 21.3 Å². The molecule has 1 unspecified atom stereocenters. The highest BCUT2D eigenvalue weighted by Gasteiger charge is 2.20. The molecular weight excluding hydrogens is 309 g/mol. The SMILES string of the molecule is CNC(c1ccc(Cl)cc1OC)c1cc(Cl)ccc1OC. The Morgan fingerprint density at radius 2 is 1.48 bits per heavy atom. The maximum Gasteiger partial charge on any atom is 0.125 e. The van der Waals surface area contributed by atoms with Crippen LogP contribution in [-0.4, -0.2) is 21.3 Å². The Morgan fingerprint density at radius 3 is 2.10 bits per heavy atom. The van der Waals surface area contributed by atoms with Gasteiger partial charge >= 0.3 is 0 Å². The van der Waals surface area contributed by atoms with E-state index in [0.29, 0.717) is 15.8 Å². The van der Waals surface area contributed by atoms with Crippen LogP contribution in [0.3, 0.4) is 0 Å². The van der Waals surface area contributed by atoms with Crippen molar-refractivity contribution >= 4 is 23.2 Å². The first kappa shape index (κ1) is 16.0. The van der Waals surface area contributed by atoms with Gasteiger partial charge in [0.15, 0.2) is 0 Å². The highest BCUT2D eigenvalue weighted by atomic mass is 35.5. The van der Waals surface area contributed by atoms with E-state index in [1.807, 2.05) is 31.3 Å². The fraction of sp³-hybridized carbons (Fsp3) is 0.250. The number of methoxy groups -OCH3 is 2. The summed E-state index contributed by atoms with van der Waals surface area (Å²) >= 11 is 12.2. The zero-order valence-corrected chi connectivity index (χ0v) is 13.6. The molecule has 1 N–H and O–H groups in total. The normalized spacial score (nSPS) is 12.0. The van der Waals surface area contributed by atoms with Gasteiger partial charge < -0.3 is 14.8 Å². The molecule has 2 aromatic rings. The summed E-state index contributed by atoms with van der Waals surface area (Å²) in [7, 11) is 5.13. The molecule has 112 valence electrons. The fourth-order valence-corrected chi connectivity index (χ4v) is 2.68. The molecule has 0 aromatic heterocycles. The van der Waals surface area contributed by atoms with Crippen LogP contribution in [0.1, 0.15) is 17.2 Å². The Kier molecular flexibility index (Phi) is 5.34. The van der Waals surface area contributed by atoms with Gasteiger partial charge in [-0.05, 0) is 37.4 Å². The second-order valence-electron chi connectivity index (χ2n) is 4.49. The Balaban J connectivity index is 2.57. The summed E-state index contributed by atoms with van der Waals surface area (Å²) < 4.78 is 10.9. The average molecular weight is 326 g/mol. The maximum atomic E-state index is 6.13. The number of benzene rings is 2. The zero-order chi connectivity index (χ0) is 15.4. The van der Waals surface area contributed by atoms with Crippen LogP contribution >= 0.6 is 23.2 Å². The van der Waals surface area contributed by atoms with Crippen LogP contribution in [-0.2, 0) is 0 Å².